The molecule has 4 aromatic carbocycles. The first-order chi connectivity index (χ1) is 26.9. The number of hydrogen-bond acceptors (Lipinski definition) is 3. The van der Waals surface area contributed by atoms with Gasteiger partial charge in [0.05, 0.1) is 13.7 Å². The zero-order chi connectivity index (χ0) is 37.6. The fraction of sp³-hybridized carbons (Fsp3) is 0.333. The van der Waals surface area contributed by atoms with Gasteiger partial charge in [-0.3, -0.25) is 0 Å². The van der Waals surface area contributed by atoms with E-state index in [1.807, 2.05) is 30.5 Å². The summed E-state index contributed by atoms with van der Waals surface area (Å²) in [5.74, 6) is 1.67. The van der Waals surface area contributed by atoms with Crippen LogP contribution in [0.4, 0.5) is 0 Å². The van der Waals surface area contributed by atoms with E-state index in [2.05, 4.69) is 117 Å². The fourth-order valence-electron chi connectivity index (χ4n) is 9.00. The summed E-state index contributed by atoms with van der Waals surface area (Å²) in [6.07, 6.45) is 20.4. The van der Waals surface area contributed by atoms with Gasteiger partial charge < -0.3 is 14.4 Å². The van der Waals surface area contributed by atoms with Crippen LogP contribution in [0, 0.1) is 24.0 Å². The maximum atomic E-state index is 6.54. The molecule has 2 saturated carbocycles. The number of aromatic nitrogens is 2. The molecule has 5 heteroatoms. The first-order valence-corrected chi connectivity index (χ1v) is 24.2. The summed E-state index contributed by atoms with van der Waals surface area (Å²) < 4.78 is 6.54. The minimum atomic E-state index is -1.36. The third-order valence-electron chi connectivity index (χ3n) is 11.9. The molecule has 0 spiro atoms. The Bertz CT molecular complexity index is 2330. The second kappa shape index (κ2) is 18.4. The van der Waals surface area contributed by atoms with Gasteiger partial charge in [0, 0.05) is 43.4 Å². The smallest absolute Gasteiger partial charge is 0.128 e. The Morgan fingerprint density at radius 1 is 0.643 bits per heavy atom. The Morgan fingerprint density at radius 3 is 2.07 bits per heavy atom. The van der Waals surface area contributed by atoms with Crippen LogP contribution in [0.15, 0.2) is 120 Å². The molecular formula is C51H54IrN2OSi-2. The molecule has 2 aliphatic rings. The minimum absolute atomic E-state index is 0. The molecule has 3 aromatic heterocycles. The topological polar surface area (TPSA) is 38.9 Å². The quantitative estimate of drug-likeness (QED) is 0.113. The van der Waals surface area contributed by atoms with Crippen molar-refractivity contribution in [1.82, 2.24) is 9.97 Å². The van der Waals surface area contributed by atoms with E-state index in [9.17, 15) is 0 Å². The molecule has 3 nitrogen and oxygen atoms in total. The number of furan rings is 1. The van der Waals surface area contributed by atoms with E-state index < -0.39 is 8.07 Å². The van der Waals surface area contributed by atoms with Crippen LogP contribution in [-0.4, -0.2) is 18.0 Å². The number of rotatable bonds is 8. The second-order valence-electron chi connectivity index (χ2n) is 17.0. The van der Waals surface area contributed by atoms with Gasteiger partial charge in [-0.15, -0.1) is 54.1 Å². The van der Waals surface area contributed by atoms with Crippen molar-refractivity contribution in [2.24, 2.45) is 11.8 Å². The van der Waals surface area contributed by atoms with Gasteiger partial charge in [-0.2, -0.15) is 0 Å². The Labute approximate surface area is 348 Å². The van der Waals surface area contributed by atoms with Gasteiger partial charge in [0.25, 0.3) is 0 Å². The van der Waals surface area contributed by atoms with Crippen LogP contribution < -0.4 is 5.19 Å². The summed E-state index contributed by atoms with van der Waals surface area (Å²) in [5, 5.41) is 3.80. The average molecular weight is 931 g/mol. The zero-order valence-corrected chi connectivity index (χ0v) is 36.6. The van der Waals surface area contributed by atoms with E-state index >= 15 is 0 Å². The van der Waals surface area contributed by atoms with Crippen molar-refractivity contribution in [3.63, 3.8) is 0 Å². The van der Waals surface area contributed by atoms with Crippen LogP contribution in [0.2, 0.25) is 19.6 Å². The van der Waals surface area contributed by atoms with Crippen molar-refractivity contribution >= 4 is 35.2 Å². The summed E-state index contributed by atoms with van der Waals surface area (Å²) in [5.41, 5.74) is 11.1. The number of para-hydroxylation sites is 1. The van der Waals surface area contributed by atoms with Crippen LogP contribution in [-0.2, 0) is 32.9 Å². The molecule has 0 aliphatic heterocycles. The van der Waals surface area contributed by atoms with Crippen molar-refractivity contribution in [3.8, 4) is 33.6 Å². The molecule has 7 aromatic rings. The van der Waals surface area contributed by atoms with Gasteiger partial charge in [0.15, 0.2) is 0 Å². The number of fused-ring (bicyclic) bond motifs is 3. The summed E-state index contributed by atoms with van der Waals surface area (Å²) in [4.78, 5) is 9.48. The number of pyridine rings is 2. The maximum Gasteiger partial charge on any atom is 0.128 e. The van der Waals surface area contributed by atoms with Crippen molar-refractivity contribution in [2.75, 3.05) is 0 Å². The summed E-state index contributed by atoms with van der Waals surface area (Å²) in [7, 11) is -1.36. The van der Waals surface area contributed by atoms with E-state index in [0.717, 1.165) is 73.8 Å². The van der Waals surface area contributed by atoms with E-state index in [-0.39, 0.29) is 20.1 Å². The average Bonchev–Trinajstić information content (AvgIpc) is 3.62. The normalized spacial score (nSPS) is 15.3. The SMILES string of the molecule is C[Si](C)(C)c1cnc(-c2[c-]cccc2)cc1CC1CCCCC1.[Ir].[c-]1ccc2c(oc3c(-c4ccccc4)cccc32)c1-c1cc(CC2CCCCC2)ccn1. The minimum Gasteiger partial charge on any atom is -0.500 e. The molecule has 0 amide bonds. The van der Waals surface area contributed by atoms with Crippen molar-refractivity contribution in [2.45, 2.75) is 96.7 Å². The Balaban J connectivity index is 0.000000178. The molecule has 2 aliphatic carbocycles. The van der Waals surface area contributed by atoms with E-state index in [1.54, 1.807) is 10.8 Å². The Hall–Kier alpha value is -4.15. The number of nitrogens with zero attached hydrogens (tertiary/aromatic N) is 2. The third-order valence-corrected chi connectivity index (χ3v) is 14.0. The van der Waals surface area contributed by atoms with Crippen LogP contribution in [0.5, 0.6) is 0 Å². The van der Waals surface area contributed by atoms with E-state index in [0.29, 0.717) is 0 Å². The molecule has 0 unspecified atom stereocenters. The Kier molecular flexibility index (Phi) is 13.2. The largest absolute Gasteiger partial charge is 0.500 e. The van der Waals surface area contributed by atoms with Crippen LogP contribution in [0.1, 0.15) is 75.3 Å². The van der Waals surface area contributed by atoms with Crippen molar-refractivity contribution < 1.29 is 24.5 Å². The molecular weight excluding hydrogens is 877 g/mol. The zero-order valence-electron chi connectivity index (χ0n) is 33.2. The number of hydrogen-bond donors (Lipinski definition) is 0. The fourth-order valence-corrected chi connectivity index (χ4v) is 10.6. The van der Waals surface area contributed by atoms with Gasteiger partial charge in [0.2, 0.25) is 0 Å². The van der Waals surface area contributed by atoms with Gasteiger partial charge in [-0.1, -0.05) is 167 Å². The molecule has 2 fully saturated rings. The van der Waals surface area contributed by atoms with Crippen LogP contribution in [0.3, 0.4) is 0 Å². The van der Waals surface area contributed by atoms with Gasteiger partial charge in [-0.25, -0.2) is 0 Å². The molecule has 56 heavy (non-hydrogen) atoms. The first-order valence-electron chi connectivity index (χ1n) is 20.7. The summed E-state index contributed by atoms with van der Waals surface area (Å²) in [6, 6.07) is 42.6. The molecule has 9 rings (SSSR count). The van der Waals surface area contributed by atoms with Gasteiger partial charge >= 0.3 is 0 Å². The van der Waals surface area contributed by atoms with Crippen LogP contribution in [0.25, 0.3) is 55.6 Å². The summed E-state index contributed by atoms with van der Waals surface area (Å²) >= 11 is 0. The number of benzene rings is 4. The standard InChI is InChI=1S/C30H26NO.C21H28NSi.Ir/c1-3-9-21(10-4-1)19-22-17-18-31-28(20-22)27-16-8-15-26-25-14-7-13-24(29(25)32-30(26)27)23-11-5-2-6-12-23;1-23(2,3)21-16-22-20(18-12-8-5-9-13-18)15-19(21)14-17-10-6-4-7-11-17;/h2,5-8,11-15,17-18,20-21H,1,3-4,9-10,19H2;5,8-9,12,15-17H,4,6-7,10-11,14H2,1-3H3;/q2*-1;. The summed E-state index contributed by atoms with van der Waals surface area (Å²) in [6.45, 7) is 7.30. The first kappa shape index (κ1) is 40.1. The van der Waals surface area contributed by atoms with Crippen LogP contribution >= 0.6 is 0 Å². The van der Waals surface area contributed by atoms with Crippen molar-refractivity contribution in [3.05, 3.63) is 139 Å². The predicted octanol–water partition coefficient (Wildman–Crippen LogP) is 13.5. The predicted molar refractivity (Wildman–Crippen MR) is 233 cm³/mol. The molecule has 0 bridgehead atoms. The molecule has 0 N–H and O–H groups in total. The van der Waals surface area contributed by atoms with Gasteiger partial charge in [-0.05, 0) is 52.9 Å². The Morgan fingerprint density at radius 2 is 1.36 bits per heavy atom. The van der Waals surface area contributed by atoms with Crippen molar-refractivity contribution in [1.29, 1.82) is 0 Å². The van der Waals surface area contributed by atoms with E-state index in [1.165, 1.54) is 76.2 Å². The molecule has 289 valence electrons. The molecule has 0 saturated heterocycles. The van der Waals surface area contributed by atoms with Gasteiger partial charge in [0.1, 0.15) is 5.58 Å². The molecule has 0 atom stereocenters. The van der Waals surface area contributed by atoms with E-state index in [4.69, 9.17) is 14.4 Å². The molecule has 3 heterocycles. The third kappa shape index (κ3) is 9.34. The maximum absolute atomic E-state index is 6.54. The molecule has 1 radical (unpaired) electrons. The monoisotopic (exact) mass is 931 g/mol. The second-order valence-corrected chi connectivity index (χ2v) is 22.0.